The van der Waals surface area contributed by atoms with Crippen molar-refractivity contribution < 1.29 is 23.8 Å². The van der Waals surface area contributed by atoms with Crippen molar-refractivity contribution in [3.63, 3.8) is 0 Å². The van der Waals surface area contributed by atoms with E-state index in [1.54, 1.807) is 12.1 Å². The van der Waals surface area contributed by atoms with E-state index < -0.39 is 29.3 Å². The Kier molecular flexibility index (Phi) is 5.37. The molecule has 1 aliphatic rings. The summed E-state index contributed by atoms with van der Waals surface area (Å²) in [5, 5.41) is 12.9. The van der Waals surface area contributed by atoms with Crippen molar-refractivity contribution in [1.29, 1.82) is 0 Å². The van der Waals surface area contributed by atoms with Crippen LogP contribution in [0, 0.1) is 19.7 Å². The quantitative estimate of drug-likeness (QED) is 0.349. The van der Waals surface area contributed by atoms with Crippen LogP contribution in [0.1, 0.15) is 27.6 Å². The number of Topliss-reactive ketones (excluding diaryl/α,β-unsaturated/α-hetero) is 1. The molecule has 0 bridgehead atoms. The Bertz CT molecular complexity index is 1220. The molecule has 1 N–H and O–H groups in total. The van der Waals surface area contributed by atoms with Crippen LogP contribution in [0.4, 0.5) is 10.1 Å². The number of carbonyl (C=O) groups is 2. The highest BCUT2D eigenvalue weighted by Gasteiger charge is 2.47. The average molecular weight is 437 g/mol. The fourth-order valence-electron chi connectivity index (χ4n) is 3.70. The molecule has 7 heteroatoms. The summed E-state index contributed by atoms with van der Waals surface area (Å²) in [4.78, 5) is 28.3. The number of amides is 1. The van der Waals surface area contributed by atoms with Crippen LogP contribution in [-0.2, 0) is 9.59 Å². The minimum Gasteiger partial charge on any atom is -0.507 e. The fraction of sp³-hybridized carbons (Fsp3) is 0.167. The maximum atomic E-state index is 13.9. The van der Waals surface area contributed by atoms with Crippen LogP contribution in [0.2, 0.25) is 0 Å². The summed E-state index contributed by atoms with van der Waals surface area (Å²) < 4.78 is 19.2. The number of aliphatic hydroxyl groups excluding tert-OH is 1. The Hall–Kier alpha value is -3.45. The fourth-order valence-corrected chi connectivity index (χ4v) is 4.52. The third-order valence-electron chi connectivity index (χ3n) is 5.44. The van der Waals surface area contributed by atoms with Crippen molar-refractivity contribution >= 4 is 34.5 Å². The van der Waals surface area contributed by atoms with Gasteiger partial charge in [-0.25, -0.2) is 4.39 Å². The molecule has 3 aromatic rings. The van der Waals surface area contributed by atoms with Crippen LogP contribution in [0.15, 0.2) is 59.5 Å². The molecule has 2 aromatic carbocycles. The Labute approximate surface area is 183 Å². The number of rotatable bonds is 4. The molecule has 5 nitrogen and oxygen atoms in total. The number of halogens is 1. The van der Waals surface area contributed by atoms with E-state index in [0.717, 1.165) is 17.2 Å². The molecule has 2 heterocycles. The second-order valence-corrected chi connectivity index (χ2v) is 8.28. The minimum absolute atomic E-state index is 0.0159. The molecule has 1 aliphatic heterocycles. The lowest BCUT2D eigenvalue weighted by Gasteiger charge is -2.25. The standard InChI is InChI=1S/C24H20FNO4S/c1-13-6-8-16(11-14(13)2)26-21(19-5-4-10-31-19)20(23(28)24(26)29)22(27)17-12-15(25)7-9-18(17)30-3/h4-12,21,27H,1-3H3/b22-20-. The van der Waals surface area contributed by atoms with E-state index in [9.17, 15) is 19.1 Å². The van der Waals surface area contributed by atoms with Gasteiger partial charge in [-0.3, -0.25) is 14.5 Å². The van der Waals surface area contributed by atoms with Crippen molar-refractivity contribution in [2.45, 2.75) is 19.9 Å². The van der Waals surface area contributed by atoms with Gasteiger partial charge < -0.3 is 9.84 Å². The molecule has 0 spiro atoms. The van der Waals surface area contributed by atoms with E-state index in [0.29, 0.717) is 10.6 Å². The number of anilines is 1. The van der Waals surface area contributed by atoms with Crippen molar-refractivity contribution in [3.05, 3.63) is 86.9 Å². The van der Waals surface area contributed by atoms with E-state index >= 15 is 0 Å². The highest BCUT2D eigenvalue weighted by Crippen LogP contribution is 2.44. The van der Waals surface area contributed by atoms with Crippen LogP contribution < -0.4 is 9.64 Å². The summed E-state index contributed by atoms with van der Waals surface area (Å²) in [6, 6.07) is 11.9. The highest BCUT2D eigenvalue weighted by molar-refractivity contribution is 7.10. The van der Waals surface area contributed by atoms with Crippen LogP contribution in [0.5, 0.6) is 5.75 Å². The van der Waals surface area contributed by atoms with E-state index in [2.05, 4.69) is 0 Å². The van der Waals surface area contributed by atoms with Gasteiger partial charge in [0, 0.05) is 10.6 Å². The molecule has 0 saturated carbocycles. The molecular formula is C24H20FNO4S. The zero-order valence-electron chi connectivity index (χ0n) is 17.2. The van der Waals surface area contributed by atoms with E-state index in [-0.39, 0.29) is 16.9 Å². The number of ether oxygens (including phenoxy) is 1. The number of aliphatic hydroxyl groups is 1. The predicted molar refractivity (Wildman–Crippen MR) is 118 cm³/mol. The van der Waals surface area contributed by atoms with Gasteiger partial charge in [-0.15, -0.1) is 11.3 Å². The Morgan fingerprint density at radius 2 is 1.87 bits per heavy atom. The Balaban J connectivity index is 1.97. The maximum Gasteiger partial charge on any atom is 0.300 e. The van der Waals surface area contributed by atoms with Crippen LogP contribution >= 0.6 is 11.3 Å². The number of hydrogen-bond acceptors (Lipinski definition) is 5. The Morgan fingerprint density at radius 3 is 2.52 bits per heavy atom. The van der Waals surface area contributed by atoms with Crippen molar-refractivity contribution in [3.8, 4) is 5.75 Å². The molecule has 1 unspecified atom stereocenters. The average Bonchev–Trinajstić information content (AvgIpc) is 3.37. The number of methoxy groups -OCH3 is 1. The zero-order valence-corrected chi connectivity index (χ0v) is 18.0. The van der Waals surface area contributed by atoms with Gasteiger partial charge in [-0.2, -0.15) is 0 Å². The highest BCUT2D eigenvalue weighted by atomic mass is 32.1. The van der Waals surface area contributed by atoms with Crippen LogP contribution in [0.3, 0.4) is 0 Å². The second-order valence-electron chi connectivity index (χ2n) is 7.30. The van der Waals surface area contributed by atoms with Gasteiger partial charge >= 0.3 is 0 Å². The molecule has 4 rings (SSSR count). The molecule has 31 heavy (non-hydrogen) atoms. The first kappa shape index (κ1) is 20.8. The topological polar surface area (TPSA) is 66.8 Å². The minimum atomic E-state index is -0.838. The number of carbonyl (C=O) groups excluding carboxylic acids is 2. The molecule has 1 aromatic heterocycles. The first-order chi connectivity index (χ1) is 14.8. The predicted octanol–water partition coefficient (Wildman–Crippen LogP) is 5.14. The van der Waals surface area contributed by atoms with Crippen LogP contribution in [0.25, 0.3) is 5.76 Å². The molecule has 1 fully saturated rings. The van der Waals surface area contributed by atoms with Crippen molar-refractivity contribution in [2.24, 2.45) is 0 Å². The number of ketones is 1. The molecule has 1 atom stereocenters. The number of aryl methyl sites for hydroxylation is 2. The van der Waals surface area contributed by atoms with Gasteiger partial charge in [0.1, 0.15) is 23.4 Å². The summed E-state index contributed by atoms with van der Waals surface area (Å²) >= 11 is 1.36. The molecule has 1 amide bonds. The number of nitrogens with zero attached hydrogens (tertiary/aromatic N) is 1. The van der Waals surface area contributed by atoms with Gasteiger partial charge in [0.15, 0.2) is 0 Å². The molecule has 0 radical (unpaired) electrons. The summed E-state index contributed by atoms with van der Waals surface area (Å²) in [6.07, 6.45) is 0. The largest absolute Gasteiger partial charge is 0.507 e. The smallest absolute Gasteiger partial charge is 0.300 e. The first-order valence-corrected chi connectivity index (χ1v) is 10.5. The third kappa shape index (κ3) is 3.51. The second kappa shape index (κ2) is 8.00. The van der Waals surface area contributed by atoms with Gasteiger partial charge in [0.2, 0.25) is 0 Å². The van der Waals surface area contributed by atoms with Gasteiger partial charge in [0.25, 0.3) is 11.7 Å². The Morgan fingerprint density at radius 1 is 1.10 bits per heavy atom. The lowest BCUT2D eigenvalue weighted by Crippen LogP contribution is -2.29. The van der Waals surface area contributed by atoms with Crippen molar-refractivity contribution in [1.82, 2.24) is 0 Å². The molecular weight excluding hydrogens is 417 g/mol. The zero-order chi connectivity index (χ0) is 22.3. The summed E-state index contributed by atoms with van der Waals surface area (Å²) in [5.41, 5.74) is 2.49. The monoisotopic (exact) mass is 437 g/mol. The number of hydrogen-bond donors (Lipinski definition) is 1. The molecule has 0 aliphatic carbocycles. The summed E-state index contributed by atoms with van der Waals surface area (Å²) in [5.74, 6) is -2.46. The van der Waals surface area contributed by atoms with Gasteiger partial charge in [-0.05, 0) is 66.8 Å². The summed E-state index contributed by atoms with van der Waals surface area (Å²) in [7, 11) is 1.38. The normalized spacial score (nSPS) is 17.9. The lowest BCUT2D eigenvalue weighted by atomic mass is 9.99. The third-order valence-corrected chi connectivity index (χ3v) is 6.37. The lowest BCUT2D eigenvalue weighted by molar-refractivity contribution is -0.132. The van der Waals surface area contributed by atoms with E-state index in [1.165, 1.54) is 35.5 Å². The number of benzene rings is 2. The summed E-state index contributed by atoms with van der Waals surface area (Å²) in [6.45, 7) is 3.88. The molecule has 1 saturated heterocycles. The van der Waals surface area contributed by atoms with Gasteiger partial charge in [0.05, 0.1) is 18.2 Å². The SMILES string of the molecule is COc1ccc(F)cc1/C(O)=C1/C(=O)C(=O)N(c2ccc(C)c(C)c2)C1c1cccs1. The number of thiophene rings is 1. The molecule has 158 valence electrons. The van der Waals surface area contributed by atoms with E-state index in [1.807, 2.05) is 37.4 Å². The maximum absolute atomic E-state index is 13.9. The van der Waals surface area contributed by atoms with Crippen LogP contribution in [-0.4, -0.2) is 23.9 Å². The van der Waals surface area contributed by atoms with Crippen molar-refractivity contribution in [2.75, 3.05) is 12.0 Å². The van der Waals surface area contributed by atoms with Gasteiger partial charge in [-0.1, -0.05) is 12.1 Å². The van der Waals surface area contributed by atoms with E-state index in [4.69, 9.17) is 4.74 Å². The first-order valence-electron chi connectivity index (χ1n) is 9.59.